The highest BCUT2D eigenvalue weighted by atomic mass is 16.6. The highest BCUT2D eigenvalue weighted by molar-refractivity contribution is 5.81. The first-order valence-corrected chi connectivity index (χ1v) is 15.4. The third-order valence-electron chi connectivity index (χ3n) is 9.29. The molecule has 3 unspecified atom stereocenters. The van der Waals surface area contributed by atoms with Crippen LogP contribution in [-0.4, -0.2) is 106 Å². The molecule has 0 radical (unpaired) electrons. The average Bonchev–Trinajstić information content (AvgIpc) is 3.60. The van der Waals surface area contributed by atoms with Gasteiger partial charge < -0.3 is 19.9 Å². The van der Waals surface area contributed by atoms with Crippen LogP contribution in [0.4, 0.5) is 10.6 Å². The van der Waals surface area contributed by atoms with Gasteiger partial charge in [0.05, 0.1) is 11.9 Å². The molecule has 2 aromatic heterocycles. The van der Waals surface area contributed by atoms with Crippen LogP contribution in [0.25, 0.3) is 5.65 Å². The molecule has 222 valence electrons. The number of hydrogen-bond donors (Lipinski definition) is 1. The number of piperidine rings is 1. The minimum atomic E-state index is -0.142. The third-order valence-corrected chi connectivity index (χ3v) is 9.29. The van der Waals surface area contributed by atoms with E-state index in [9.17, 15) is 9.59 Å². The van der Waals surface area contributed by atoms with Gasteiger partial charge in [-0.3, -0.25) is 9.69 Å². The van der Waals surface area contributed by atoms with E-state index in [0.717, 1.165) is 81.0 Å². The first kappa shape index (κ1) is 28.2. The molecule has 0 aromatic carbocycles. The fraction of sp³-hybridized carbons (Fsp3) is 0.677. The van der Waals surface area contributed by atoms with Gasteiger partial charge in [0.25, 0.3) is 0 Å². The topological polar surface area (TPSA) is 95.3 Å². The van der Waals surface area contributed by atoms with Crippen molar-refractivity contribution in [3.63, 3.8) is 0 Å². The number of anilines is 1. The summed E-state index contributed by atoms with van der Waals surface area (Å²) in [5.41, 5.74) is 2.99. The summed E-state index contributed by atoms with van der Waals surface area (Å²) in [6.07, 6.45) is 12.0. The van der Waals surface area contributed by atoms with Crippen LogP contribution in [0, 0.1) is 0 Å². The summed E-state index contributed by atoms with van der Waals surface area (Å²) in [7, 11) is 4.12. The van der Waals surface area contributed by atoms with Crippen molar-refractivity contribution in [1.29, 1.82) is 0 Å². The molecular weight excluding hydrogens is 518 g/mol. The minimum absolute atomic E-state index is 0.0130. The molecule has 0 spiro atoms. The average molecular weight is 564 g/mol. The largest absolute Gasteiger partial charge is 0.443 e. The lowest BCUT2D eigenvalue weighted by atomic mass is 9.97. The maximum absolute atomic E-state index is 13.2. The van der Waals surface area contributed by atoms with E-state index < -0.39 is 0 Å². The van der Waals surface area contributed by atoms with Crippen LogP contribution >= 0.6 is 0 Å². The van der Waals surface area contributed by atoms with Crippen LogP contribution in [0.3, 0.4) is 0 Å². The number of likely N-dealkylation sites (N-methyl/N-ethyl adjacent to an activating group) is 1. The fourth-order valence-corrected chi connectivity index (χ4v) is 7.05. The van der Waals surface area contributed by atoms with Gasteiger partial charge in [0.1, 0.15) is 17.7 Å². The molecular formula is C31H45N7O3. The molecule has 1 aliphatic carbocycles. The van der Waals surface area contributed by atoms with E-state index in [0.29, 0.717) is 24.5 Å². The molecule has 5 heterocycles. The van der Waals surface area contributed by atoms with Crippen molar-refractivity contribution >= 4 is 23.3 Å². The summed E-state index contributed by atoms with van der Waals surface area (Å²) in [4.78, 5) is 36.8. The maximum atomic E-state index is 13.2. The number of aromatic nitrogens is 3. The quantitative estimate of drug-likeness (QED) is 0.457. The molecule has 1 N–H and O–H groups in total. The number of carbonyl (C=O) groups is 2. The Balaban J connectivity index is 1.08. The molecule has 41 heavy (non-hydrogen) atoms. The van der Waals surface area contributed by atoms with Gasteiger partial charge in [-0.15, -0.1) is 0 Å². The van der Waals surface area contributed by atoms with E-state index in [4.69, 9.17) is 14.8 Å². The lowest BCUT2D eigenvalue weighted by Gasteiger charge is -2.42. The Bertz CT molecular complexity index is 1280. The molecule has 3 aliphatic heterocycles. The number of ether oxygens (including phenoxy) is 1. The van der Waals surface area contributed by atoms with Crippen LogP contribution < -0.4 is 5.32 Å². The van der Waals surface area contributed by atoms with Crippen molar-refractivity contribution in [3.8, 4) is 0 Å². The zero-order chi connectivity index (χ0) is 28.7. The summed E-state index contributed by atoms with van der Waals surface area (Å²) in [6.45, 7) is 7.78. The van der Waals surface area contributed by atoms with E-state index >= 15 is 0 Å². The molecule has 4 aliphatic rings. The van der Waals surface area contributed by atoms with E-state index in [-0.39, 0.29) is 36.2 Å². The highest BCUT2D eigenvalue weighted by Gasteiger charge is 2.45. The van der Waals surface area contributed by atoms with Gasteiger partial charge in [-0.05, 0) is 52.1 Å². The van der Waals surface area contributed by atoms with Crippen molar-refractivity contribution in [2.75, 3.05) is 45.6 Å². The molecule has 1 amide bonds. The molecule has 10 heteroatoms. The summed E-state index contributed by atoms with van der Waals surface area (Å²) >= 11 is 0. The van der Waals surface area contributed by atoms with E-state index in [1.54, 1.807) is 0 Å². The zero-order valence-corrected chi connectivity index (χ0v) is 25.0. The Morgan fingerprint density at radius 2 is 1.93 bits per heavy atom. The molecule has 2 bridgehead atoms. The van der Waals surface area contributed by atoms with E-state index in [1.807, 2.05) is 15.6 Å². The first-order valence-electron chi connectivity index (χ1n) is 15.4. The fourth-order valence-electron chi connectivity index (χ4n) is 7.05. The monoisotopic (exact) mass is 563 g/mol. The van der Waals surface area contributed by atoms with Crippen LogP contribution in [0.15, 0.2) is 24.4 Å². The van der Waals surface area contributed by atoms with Crippen molar-refractivity contribution < 1.29 is 14.3 Å². The Morgan fingerprint density at radius 1 is 1.17 bits per heavy atom. The molecule has 4 fully saturated rings. The number of nitrogens with one attached hydrogen (secondary N) is 1. The predicted octanol–water partition coefficient (Wildman–Crippen LogP) is 4.04. The normalized spacial score (nSPS) is 27.1. The summed E-state index contributed by atoms with van der Waals surface area (Å²) in [5, 5.41) is 8.49. The zero-order valence-electron chi connectivity index (χ0n) is 25.0. The van der Waals surface area contributed by atoms with Gasteiger partial charge in [0.15, 0.2) is 5.65 Å². The number of carbonyl (C=O) groups excluding carboxylic acids is 2. The molecule has 1 saturated carbocycles. The van der Waals surface area contributed by atoms with Crippen LogP contribution in [0.5, 0.6) is 0 Å². The molecule has 3 saturated heterocycles. The minimum Gasteiger partial charge on any atom is -0.443 e. The standard InChI is InChI=1S/C31H45N7O3/c1-20(2)27-17-32-38-29(16-28(34-30(27)38)21-7-10-25(39)13-21)33-22-14-23-8-9-24(15-22)37(23)31(40)41-26-18-36(19-26)12-6-5-11-35(3)4/h5-6,16-17,20-24,26,33H,7-15,18-19H2,1-4H3/b6-5+. The first-order chi connectivity index (χ1) is 19.7. The number of Topliss-reactive ketones (excluding diaryl/α,β-unsaturated/α-hetero) is 1. The van der Waals surface area contributed by atoms with Gasteiger partial charge in [-0.25, -0.2) is 9.78 Å². The Labute approximate surface area is 243 Å². The number of likely N-dealkylation sites (tertiary alicyclic amines) is 1. The molecule has 3 atom stereocenters. The number of nitrogens with zero attached hydrogens (tertiary/aromatic N) is 6. The van der Waals surface area contributed by atoms with Gasteiger partial charge in [0.2, 0.25) is 0 Å². The number of rotatable bonds is 9. The van der Waals surface area contributed by atoms with Gasteiger partial charge >= 0.3 is 6.09 Å². The lowest BCUT2D eigenvalue weighted by Crippen LogP contribution is -2.56. The second kappa shape index (κ2) is 11.7. The number of hydrogen-bond acceptors (Lipinski definition) is 8. The lowest BCUT2D eigenvalue weighted by molar-refractivity contribution is -0.117. The van der Waals surface area contributed by atoms with Gasteiger partial charge in [0, 0.05) is 74.7 Å². The van der Waals surface area contributed by atoms with Crippen molar-refractivity contribution in [3.05, 3.63) is 35.7 Å². The summed E-state index contributed by atoms with van der Waals surface area (Å²) in [6, 6.07) is 2.72. The van der Waals surface area contributed by atoms with Crippen LogP contribution in [0.1, 0.15) is 81.9 Å². The van der Waals surface area contributed by atoms with Gasteiger partial charge in [-0.2, -0.15) is 9.61 Å². The SMILES string of the molecule is CC(C)c1cnn2c(NC3CC4CCC(C3)N4C(=O)OC3CN(C/C=C/CN(C)C)C3)cc(C3CCC(=O)C3)nc12. The summed E-state index contributed by atoms with van der Waals surface area (Å²) in [5.74, 6) is 1.74. The van der Waals surface area contributed by atoms with Gasteiger partial charge in [-0.1, -0.05) is 26.0 Å². The van der Waals surface area contributed by atoms with Crippen LogP contribution in [-0.2, 0) is 9.53 Å². The molecule has 6 rings (SSSR count). The second-order valence-corrected chi connectivity index (χ2v) is 13.1. The Hall–Kier alpha value is -2.98. The predicted molar refractivity (Wildman–Crippen MR) is 158 cm³/mol. The number of amides is 1. The summed E-state index contributed by atoms with van der Waals surface area (Å²) < 4.78 is 7.87. The number of ketones is 1. The Kier molecular flexibility index (Phi) is 8.05. The van der Waals surface area contributed by atoms with Crippen molar-refractivity contribution in [2.24, 2.45) is 0 Å². The van der Waals surface area contributed by atoms with Crippen molar-refractivity contribution in [2.45, 2.75) is 94.9 Å². The second-order valence-electron chi connectivity index (χ2n) is 13.1. The third kappa shape index (κ3) is 6.00. The van der Waals surface area contributed by atoms with Crippen LogP contribution in [0.2, 0.25) is 0 Å². The smallest absolute Gasteiger partial charge is 0.410 e. The molecule has 10 nitrogen and oxygen atoms in total. The maximum Gasteiger partial charge on any atom is 0.410 e. The molecule has 2 aromatic rings. The van der Waals surface area contributed by atoms with E-state index in [1.165, 1.54) is 0 Å². The van der Waals surface area contributed by atoms with Crippen molar-refractivity contribution in [1.82, 2.24) is 29.3 Å². The highest BCUT2D eigenvalue weighted by Crippen LogP contribution is 2.39. The Morgan fingerprint density at radius 3 is 2.59 bits per heavy atom. The van der Waals surface area contributed by atoms with E-state index in [2.05, 4.69) is 61.3 Å². The number of fused-ring (bicyclic) bond motifs is 3.